The number of benzene rings is 1. The number of guanidine groups is 1. The second kappa shape index (κ2) is 4.85. The van der Waals surface area contributed by atoms with Crippen LogP contribution >= 0.6 is 0 Å². The smallest absolute Gasteiger partial charge is 0.192 e. The molecule has 2 aliphatic rings. The first-order chi connectivity index (χ1) is 9.87. The monoisotopic (exact) mass is 269 g/mol. The van der Waals surface area contributed by atoms with Gasteiger partial charge in [0.25, 0.3) is 0 Å². The molecule has 2 fully saturated rings. The average molecular weight is 269 g/mol. The van der Waals surface area contributed by atoms with Crippen LogP contribution in [0, 0.1) is 0 Å². The van der Waals surface area contributed by atoms with E-state index in [0.717, 1.165) is 16.9 Å². The summed E-state index contributed by atoms with van der Waals surface area (Å²) in [4.78, 5) is 4.70. The molecule has 0 amide bonds. The highest BCUT2D eigenvalue weighted by atomic mass is 16.3. The zero-order valence-corrected chi connectivity index (χ0v) is 11.4. The highest BCUT2D eigenvalue weighted by Gasteiger charge is 2.26. The molecule has 4 rings (SSSR count). The van der Waals surface area contributed by atoms with E-state index in [1.807, 2.05) is 6.07 Å². The van der Waals surface area contributed by atoms with Crippen molar-refractivity contribution in [1.29, 1.82) is 0 Å². The van der Waals surface area contributed by atoms with Crippen LogP contribution in [0.15, 0.2) is 39.9 Å². The molecule has 0 spiro atoms. The lowest BCUT2D eigenvalue weighted by Crippen LogP contribution is -2.39. The molecule has 2 aliphatic carbocycles. The van der Waals surface area contributed by atoms with E-state index < -0.39 is 0 Å². The lowest BCUT2D eigenvalue weighted by molar-refractivity contribution is 0.615. The molecule has 2 saturated carbocycles. The first kappa shape index (κ1) is 11.8. The average Bonchev–Trinajstić information content (AvgIpc) is 3.37. The maximum atomic E-state index is 5.43. The third-order valence-electron chi connectivity index (χ3n) is 3.78. The van der Waals surface area contributed by atoms with Crippen molar-refractivity contribution in [3.8, 4) is 0 Å². The number of fused-ring (bicyclic) bond motifs is 1. The maximum Gasteiger partial charge on any atom is 0.192 e. The van der Waals surface area contributed by atoms with E-state index in [4.69, 9.17) is 9.41 Å². The molecular formula is C16H19N3O. The summed E-state index contributed by atoms with van der Waals surface area (Å²) < 4.78 is 5.43. The molecule has 1 aromatic carbocycles. The molecular weight excluding hydrogens is 250 g/mol. The van der Waals surface area contributed by atoms with Crippen LogP contribution in [-0.4, -0.2) is 18.0 Å². The van der Waals surface area contributed by atoms with Gasteiger partial charge in [-0.15, -0.1) is 0 Å². The third-order valence-corrected chi connectivity index (χ3v) is 3.78. The minimum absolute atomic E-state index is 0.632. The molecule has 2 aromatic rings. The van der Waals surface area contributed by atoms with Crippen LogP contribution in [-0.2, 0) is 6.54 Å². The van der Waals surface area contributed by atoms with Crippen molar-refractivity contribution < 1.29 is 4.42 Å². The Morgan fingerprint density at radius 1 is 1.10 bits per heavy atom. The largest absolute Gasteiger partial charge is 0.464 e. The van der Waals surface area contributed by atoms with Crippen LogP contribution in [0.1, 0.15) is 31.2 Å². The summed E-state index contributed by atoms with van der Waals surface area (Å²) in [6.45, 7) is 0.686. The molecule has 0 unspecified atom stereocenters. The Kier molecular flexibility index (Phi) is 2.87. The van der Waals surface area contributed by atoms with Crippen molar-refractivity contribution in [2.45, 2.75) is 44.3 Å². The van der Waals surface area contributed by atoms with Gasteiger partial charge in [-0.1, -0.05) is 12.1 Å². The molecule has 4 heteroatoms. The fourth-order valence-corrected chi connectivity index (χ4v) is 2.24. The Morgan fingerprint density at radius 2 is 1.85 bits per heavy atom. The summed E-state index contributed by atoms with van der Waals surface area (Å²) in [7, 11) is 0. The van der Waals surface area contributed by atoms with Crippen LogP contribution in [0.5, 0.6) is 0 Å². The molecule has 0 saturated heterocycles. The number of hydrogen-bond acceptors (Lipinski definition) is 2. The van der Waals surface area contributed by atoms with Gasteiger partial charge in [0.05, 0.1) is 12.8 Å². The van der Waals surface area contributed by atoms with Crippen molar-refractivity contribution in [3.63, 3.8) is 0 Å². The molecule has 0 atom stereocenters. The second-order valence-corrected chi connectivity index (χ2v) is 5.79. The maximum absolute atomic E-state index is 5.43. The van der Waals surface area contributed by atoms with E-state index in [1.165, 1.54) is 31.2 Å². The van der Waals surface area contributed by atoms with Crippen molar-refractivity contribution in [2.75, 3.05) is 0 Å². The molecule has 0 aliphatic heterocycles. The van der Waals surface area contributed by atoms with Crippen molar-refractivity contribution in [3.05, 3.63) is 36.1 Å². The van der Waals surface area contributed by atoms with Crippen molar-refractivity contribution in [1.82, 2.24) is 10.6 Å². The predicted octanol–water partition coefficient (Wildman–Crippen LogP) is 2.79. The highest BCUT2D eigenvalue weighted by molar-refractivity contribution is 5.81. The highest BCUT2D eigenvalue weighted by Crippen LogP contribution is 2.21. The fraction of sp³-hybridized carbons (Fsp3) is 0.438. The van der Waals surface area contributed by atoms with Gasteiger partial charge in [0.2, 0.25) is 0 Å². The predicted molar refractivity (Wildman–Crippen MR) is 79.7 cm³/mol. The molecule has 4 nitrogen and oxygen atoms in total. The first-order valence-electron chi connectivity index (χ1n) is 7.40. The number of rotatable bonds is 4. The summed E-state index contributed by atoms with van der Waals surface area (Å²) in [6.07, 6.45) is 6.80. The van der Waals surface area contributed by atoms with Gasteiger partial charge in [-0.2, -0.15) is 0 Å². The molecule has 20 heavy (non-hydrogen) atoms. The van der Waals surface area contributed by atoms with Crippen molar-refractivity contribution in [2.24, 2.45) is 4.99 Å². The van der Waals surface area contributed by atoms with E-state index >= 15 is 0 Å². The number of furan rings is 1. The SMILES string of the molecule is c1cc2ccc(CN=C(NC3CC3)NC3CC3)cc2o1. The van der Waals surface area contributed by atoms with Gasteiger partial charge >= 0.3 is 0 Å². The minimum atomic E-state index is 0.632. The molecule has 1 aromatic heterocycles. The normalized spacial score (nSPS) is 18.0. The topological polar surface area (TPSA) is 49.6 Å². The van der Waals surface area contributed by atoms with Crippen LogP contribution in [0.25, 0.3) is 11.0 Å². The Balaban J connectivity index is 1.47. The lowest BCUT2D eigenvalue weighted by Gasteiger charge is -2.11. The summed E-state index contributed by atoms with van der Waals surface area (Å²) in [5, 5.41) is 8.10. The Bertz CT molecular complexity index is 622. The fourth-order valence-electron chi connectivity index (χ4n) is 2.24. The number of nitrogens with one attached hydrogen (secondary N) is 2. The second-order valence-electron chi connectivity index (χ2n) is 5.79. The third kappa shape index (κ3) is 2.79. The van der Waals surface area contributed by atoms with Gasteiger partial charge in [0.1, 0.15) is 5.58 Å². The Morgan fingerprint density at radius 3 is 2.55 bits per heavy atom. The van der Waals surface area contributed by atoms with E-state index in [1.54, 1.807) is 6.26 Å². The number of nitrogens with zero attached hydrogens (tertiary/aromatic N) is 1. The summed E-state index contributed by atoms with van der Waals surface area (Å²) in [5.74, 6) is 0.967. The summed E-state index contributed by atoms with van der Waals surface area (Å²) in [6, 6.07) is 9.53. The molecule has 104 valence electrons. The van der Waals surface area contributed by atoms with E-state index in [2.05, 4.69) is 28.8 Å². The molecule has 0 bridgehead atoms. The van der Waals surface area contributed by atoms with Crippen LogP contribution in [0.3, 0.4) is 0 Å². The van der Waals surface area contributed by atoms with Gasteiger partial charge in [-0.25, -0.2) is 4.99 Å². The van der Waals surface area contributed by atoms with Gasteiger partial charge in [-0.05, 0) is 43.4 Å². The standard InChI is InChI=1S/C16H19N3O/c1-2-12-7-8-20-15(12)9-11(1)10-17-16(18-13-3-4-13)19-14-5-6-14/h1-2,7-9,13-14H,3-6,10H2,(H2,17,18,19). The number of hydrogen-bond donors (Lipinski definition) is 2. The van der Waals surface area contributed by atoms with Crippen LogP contribution in [0.4, 0.5) is 0 Å². The van der Waals surface area contributed by atoms with E-state index in [0.29, 0.717) is 18.6 Å². The van der Waals surface area contributed by atoms with E-state index in [-0.39, 0.29) is 0 Å². The van der Waals surface area contributed by atoms with Gasteiger partial charge < -0.3 is 15.1 Å². The number of aliphatic imine (C=N–C) groups is 1. The molecule has 0 radical (unpaired) electrons. The minimum Gasteiger partial charge on any atom is -0.464 e. The van der Waals surface area contributed by atoms with E-state index in [9.17, 15) is 0 Å². The first-order valence-corrected chi connectivity index (χ1v) is 7.40. The van der Waals surface area contributed by atoms with Gasteiger partial charge in [0.15, 0.2) is 5.96 Å². The van der Waals surface area contributed by atoms with Crippen LogP contribution in [0.2, 0.25) is 0 Å². The molecule has 2 N–H and O–H groups in total. The quantitative estimate of drug-likeness (QED) is 0.663. The van der Waals surface area contributed by atoms with Gasteiger partial charge in [-0.3, -0.25) is 0 Å². The molecule has 1 heterocycles. The van der Waals surface area contributed by atoms with Gasteiger partial charge in [0, 0.05) is 17.5 Å². The van der Waals surface area contributed by atoms with Crippen LogP contribution < -0.4 is 10.6 Å². The van der Waals surface area contributed by atoms with Crippen molar-refractivity contribution >= 4 is 16.9 Å². The zero-order chi connectivity index (χ0) is 13.4. The Hall–Kier alpha value is -1.97. The lowest BCUT2D eigenvalue weighted by atomic mass is 10.2. The Labute approximate surface area is 118 Å². The summed E-state index contributed by atoms with van der Waals surface area (Å²) in [5.41, 5.74) is 2.12. The zero-order valence-electron chi connectivity index (χ0n) is 11.4. The summed E-state index contributed by atoms with van der Waals surface area (Å²) >= 11 is 0.